The van der Waals surface area contributed by atoms with Gasteiger partial charge in [0.1, 0.15) is 11.2 Å². The van der Waals surface area contributed by atoms with Crippen LogP contribution in [-0.2, 0) is 4.79 Å². The lowest BCUT2D eigenvalue weighted by Crippen LogP contribution is -2.00. The smallest absolute Gasteiger partial charge is 0.331 e. The van der Waals surface area contributed by atoms with Gasteiger partial charge in [-0.2, -0.15) is 0 Å². The molecule has 3 rings (SSSR count). The summed E-state index contributed by atoms with van der Waals surface area (Å²) < 4.78 is 5.88. The van der Waals surface area contributed by atoms with Gasteiger partial charge in [-0.3, -0.25) is 0 Å². The number of rotatable bonds is 4. The first kappa shape index (κ1) is 12.8. The Bertz CT molecular complexity index is 817. The van der Waals surface area contributed by atoms with E-state index in [1.54, 1.807) is 0 Å². The molecular formula is C16H12O3S. The Morgan fingerprint density at radius 3 is 2.70 bits per heavy atom. The van der Waals surface area contributed by atoms with E-state index in [1.807, 2.05) is 42.5 Å². The molecule has 0 aliphatic carbocycles. The average Bonchev–Trinajstić information content (AvgIpc) is 2.83. The molecule has 4 heteroatoms. The number of carbonyl (C=O) groups is 1. The lowest BCUT2D eigenvalue weighted by molar-refractivity contribution is -0.132. The molecule has 2 aromatic carbocycles. The number of furan rings is 1. The van der Waals surface area contributed by atoms with Crippen LogP contribution >= 0.6 is 11.8 Å². The second-order valence-corrected chi connectivity index (χ2v) is 5.45. The highest BCUT2D eigenvalue weighted by Gasteiger charge is 2.12. The molecule has 0 aliphatic rings. The van der Waals surface area contributed by atoms with Gasteiger partial charge in [-0.25, -0.2) is 4.79 Å². The third-order valence-electron chi connectivity index (χ3n) is 3.07. The normalized spacial score (nSPS) is 11.0. The maximum atomic E-state index is 10.8. The molecule has 0 fully saturated rings. The van der Waals surface area contributed by atoms with E-state index < -0.39 is 5.97 Å². The Labute approximate surface area is 119 Å². The number of benzene rings is 2. The third kappa shape index (κ3) is 2.18. The highest BCUT2D eigenvalue weighted by molar-refractivity contribution is 7.99. The molecule has 100 valence electrons. The molecule has 0 aliphatic heterocycles. The molecule has 0 atom stereocenters. The summed E-state index contributed by atoms with van der Waals surface area (Å²) in [6.45, 7) is 3.54. The van der Waals surface area contributed by atoms with E-state index in [2.05, 4.69) is 6.58 Å². The number of hydrogen-bond donors (Lipinski definition) is 1. The highest BCUT2D eigenvalue weighted by atomic mass is 32.2. The zero-order chi connectivity index (χ0) is 14.1. The lowest BCUT2D eigenvalue weighted by atomic mass is 10.1. The number of aliphatic carboxylic acids is 1. The fourth-order valence-electron chi connectivity index (χ4n) is 2.06. The number of para-hydroxylation sites is 2. The molecule has 0 radical (unpaired) electrons. The second-order valence-electron chi connectivity index (χ2n) is 4.43. The summed E-state index contributed by atoms with van der Waals surface area (Å²) in [5.74, 6) is -0.625. The van der Waals surface area contributed by atoms with Gasteiger partial charge in [-0.05, 0) is 12.1 Å². The molecule has 3 nitrogen and oxygen atoms in total. The Balaban J connectivity index is 2.03. The predicted molar refractivity (Wildman–Crippen MR) is 81.2 cm³/mol. The molecule has 1 heterocycles. The third-order valence-corrected chi connectivity index (χ3v) is 4.20. The number of carboxylic acid groups (broad SMARTS) is 1. The highest BCUT2D eigenvalue weighted by Crippen LogP contribution is 2.35. The van der Waals surface area contributed by atoms with Crippen molar-refractivity contribution < 1.29 is 14.3 Å². The summed E-state index contributed by atoms with van der Waals surface area (Å²) in [5.41, 5.74) is 1.83. The van der Waals surface area contributed by atoms with E-state index in [1.165, 1.54) is 11.8 Å². The summed E-state index contributed by atoms with van der Waals surface area (Å²) >= 11 is 1.43. The largest absolute Gasteiger partial charge is 0.478 e. The predicted octanol–water partition coefficient (Wildman–Crippen LogP) is 4.32. The minimum Gasteiger partial charge on any atom is -0.478 e. The van der Waals surface area contributed by atoms with Crippen LogP contribution in [0.25, 0.3) is 21.9 Å². The molecule has 0 spiro atoms. The lowest BCUT2D eigenvalue weighted by Gasteiger charge is -2.02. The molecule has 1 aromatic heterocycles. The Hall–Kier alpha value is -2.20. The van der Waals surface area contributed by atoms with Crippen molar-refractivity contribution >= 4 is 39.7 Å². The molecule has 0 saturated carbocycles. The van der Waals surface area contributed by atoms with E-state index in [0.717, 1.165) is 26.8 Å². The van der Waals surface area contributed by atoms with Crippen LogP contribution in [0.15, 0.2) is 63.9 Å². The summed E-state index contributed by atoms with van der Waals surface area (Å²) in [7, 11) is 0. The molecule has 0 bridgehead atoms. The van der Waals surface area contributed by atoms with Gasteiger partial charge in [0.25, 0.3) is 0 Å². The molecule has 0 saturated heterocycles. The Morgan fingerprint density at radius 1 is 1.15 bits per heavy atom. The van der Waals surface area contributed by atoms with Gasteiger partial charge in [0.05, 0.1) is 4.90 Å². The Kier molecular flexibility index (Phi) is 3.24. The quantitative estimate of drug-likeness (QED) is 0.572. The van der Waals surface area contributed by atoms with Crippen molar-refractivity contribution in [2.45, 2.75) is 4.90 Å². The van der Waals surface area contributed by atoms with Gasteiger partial charge in [-0.15, -0.1) is 11.8 Å². The number of hydrogen-bond acceptors (Lipinski definition) is 3. The summed E-state index contributed by atoms with van der Waals surface area (Å²) in [6, 6.07) is 13.8. The minimum atomic E-state index is -0.964. The summed E-state index contributed by atoms with van der Waals surface area (Å²) in [5, 5.41) is 11.0. The zero-order valence-electron chi connectivity index (χ0n) is 10.6. The van der Waals surface area contributed by atoms with Gasteiger partial charge in [-0.1, -0.05) is 36.9 Å². The molecule has 1 N–H and O–H groups in total. The van der Waals surface area contributed by atoms with Crippen LogP contribution in [0.2, 0.25) is 0 Å². The number of fused-ring (bicyclic) bond motifs is 3. The van der Waals surface area contributed by atoms with Crippen molar-refractivity contribution in [3.8, 4) is 0 Å². The van der Waals surface area contributed by atoms with Gasteiger partial charge in [0.2, 0.25) is 0 Å². The summed E-state index contributed by atoms with van der Waals surface area (Å²) in [4.78, 5) is 11.7. The van der Waals surface area contributed by atoms with Crippen LogP contribution in [0.4, 0.5) is 0 Å². The average molecular weight is 284 g/mol. The van der Waals surface area contributed by atoms with E-state index in [4.69, 9.17) is 9.52 Å². The van der Waals surface area contributed by atoms with Crippen LogP contribution in [0.3, 0.4) is 0 Å². The summed E-state index contributed by atoms with van der Waals surface area (Å²) in [6.07, 6.45) is 0. The van der Waals surface area contributed by atoms with Crippen LogP contribution in [-0.4, -0.2) is 16.8 Å². The molecule has 20 heavy (non-hydrogen) atoms. The Morgan fingerprint density at radius 2 is 1.90 bits per heavy atom. The van der Waals surface area contributed by atoms with Gasteiger partial charge >= 0.3 is 5.97 Å². The minimum absolute atomic E-state index is 0.183. The first-order chi connectivity index (χ1) is 9.66. The SMILES string of the molecule is C=C(CSc1cccc2c1oc1ccccc12)C(=O)O. The standard InChI is InChI=1S/C16H12O3S/c1-10(16(17)18)9-20-14-8-4-6-12-11-5-2-3-7-13(11)19-15(12)14/h2-8H,1,9H2,(H,17,18). The maximum absolute atomic E-state index is 10.8. The van der Waals surface area contributed by atoms with Gasteiger partial charge in [0.15, 0.2) is 0 Å². The zero-order valence-corrected chi connectivity index (χ0v) is 11.4. The van der Waals surface area contributed by atoms with E-state index in [-0.39, 0.29) is 5.57 Å². The monoisotopic (exact) mass is 284 g/mol. The first-order valence-electron chi connectivity index (χ1n) is 6.11. The molecule has 0 unspecified atom stereocenters. The molecule has 3 aromatic rings. The van der Waals surface area contributed by atoms with Crippen LogP contribution in [0.5, 0.6) is 0 Å². The van der Waals surface area contributed by atoms with Crippen LogP contribution in [0.1, 0.15) is 0 Å². The topological polar surface area (TPSA) is 50.4 Å². The van der Waals surface area contributed by atoms with E-state index in [0.29, 0.717) is 5.75 Å². The second kappa shape index (κ2) is 5.06. The number of thioether (sulfide) groups is 1. The van der Waals surface area contributed by atoms with Crippen molar-refractivity contribution in [1.82, 2.24) is 0 Å². The van der Waals surface area contributed by atoms with Crippen molar-refractivity contribution in [2.75, 3.05) is 5.75 Å². The van der Waals surface area contributed by atoms with Crippen molar-refractivity contribution in [1.29, 1.82) is 0 Å². The first-order valence-corrected chi connectivity index (χ1v) is 7.09. The molecular weight excluding hydrogens is 272 g/mol. The fourth-order valence-corrected chi connectivity index (χ4v) is 2.97. The van der Waals surface area contributed by atoms with Crippen LogP contribution < -0.4 is 0 Å². The van der Waals surface area contributed by atoms with Crippen LogP contribution in [0, 0.1) is 0 Å². The van der Waals surface area contributed by atoms with Crippen molar-refractivity contribution in [3.63, 3.8) is 0 Å². The van der Waals surface area contributed by atoms with E-state index in [9.17, 15) is 4.79 Å². The number of carboxylic acids is 1. The van der Waals surface area contributed by atoms with E-state index >= 15 is 0 Å². The molecule has 0 amide bonds. The van der Waals surface area contributed by atoms with Crippen molar-refractivity contribution in [2.24, 2.45) is 0 Å². The van der Waals surface area contributed by atoms with Gasteiger partial charge in [0, 0.05) is 22.1 Å². The van der Waals surface area contributed by atoms with Gasteiger partial charge < -0.3 is 9.52 Å². The van der Waals surface area contributed by atoms with Crippen molar-refractivity contribution in [3.05, 3.63) is 54.6 Å². The maximum Gasteiger partial charge on any atom is 0.331 e. The fraction of sp³-hybridized carbons (Fsp3) is 0.0625.